The molecular formula is C62H82N12O14. The molecule has 16 N–H and O–H groups in total. The highest BCUT2D eigenvalue weighted by Gasteiger charge is 2.43. The molecule has 2 fully saturated rings. The van der Waals surface area contributed by atoms with Gasteiger partial charge in [-0.1, -0.05) is 73.5 Å². The van der Waals surface area contributed by atoms with Crippen molar-refractivity contribution in [3.8, 4) is 5.75 Å². The summed E-state index contributed by atoms with van der Waals surface area (Å²) in [5, 5.41) is 48.4. The Balaban J connectivity index is 1.12. The number of phenols is 1. The van der Waals surface area contributed by atoms with Crippen molar-refractivity contribution in [1.29, 1.82) is 0 Å². The van der Waals surface area contributed by atoms with Gasteiger partial charge in [-0.25, -0.2) is 0 Å². The number of aromatic nitrogens is 1. The summed E-state index contributed by atoms with van der Waals surface area (Å²) in [5.74, 6) is -10.6. The molecule has 3 aromatic carbocycles. The minimum atomic E-state index is -1.70. The van der Waals surface area contributed by atoms with Crippen LogP contribution in [0.5, 0.6) is 5.75 Å². The van der Waals surface area contributed by atoms with Crippen LogP contribution in [0.2, 0.25) is 0 Å². The number of aromatic amines is 1. The van der Waals surface area contributed by atoms with E-state index in [1.54, 1.807) is 36.5 Å². The number of fused-ring (bicyclic) bond motifs is 1. The number of rotatable bonds is 35. The predicted molar refractivity (Wildman–Crippen MR) is 323 cm³/mol. The van der Waals surface area contributed by atoms with E-state index in [0.29, 0.717) is 24.1 Å². The van der Waals surface area contributed by atoms with Crippen molar-refractivity contribution in [2.75, 3.05) is 20.1 Å². The summed E-state index contributed by atoms with van der Waals surface area (Å²) >= 11 is 0. The fourth-order valence-corrected chi connectivity index (χ4v) is 10.8. The second-order valence-electron chi connectivity index (χ2n) is 22.9. The SMILES string of the molecule is CN=C(N)NCCC[C@H](CC(=O)[C@H](CC1CC1)NC(=O)CCC(=O)[C@H](Cc1ccccc1)NC(=O)[C@@H](CC(=O)[C@H](CC(N)=O)NC(=O)[C@@H]1C[C@@H](O)CN1C(=O)[C@@H](Cc1ccc(O)cc1)NC(C)=O)[C@@H](C)O)C(=O)N[C@@H](Cc1c[nH]c2ccccc12)C(N)=O. The van der Waals surface area contributed by atoms with E-state index in [2.05, 4.69) is 41.9 Å². The number of benzene rings is 3. The van der Waals surface area contributed by atoms with Crippen LogP contribution in [-0.2, 0) is 72.0 Å². The number of nitrogens with one attached hydrogen (secondary N) is 7. The lowest BCUT2D eigenvalue weighted by molar-refractivity contribution is -0.142. The molecule has 6 rings (SSSR count). The van der Waals surface area contributed by atoms with Gasteiger partial charge in [0, 0.05) is 95.0 Å². The number of Topliss-reactive ketones (excluding diaryl/α,β-unsaturated/α-hetero) is 3. The zero-order valence-corrected chi connectivity index (χ0v) is 49.7. The van der Waals surface area contributed by atoms with Crippen molar-refractivity contribution in [2.24, 2.45) is 39.9 Å². The molecule has 1 aromatic heterocycles. The zero-order chi connectivity index (χ0) is 64.2. The smallest absolute Gasteiger partial charge is 0.246 e. The number of carbonyl (C=O) groups excluding carboxylic acids is 11. The van der Waals surface area contributed by atoms with E-state index in [4.69, 9.17) is 17.2 Å². The average molecular weight is 1220 g/mol. The highest BCUT2D eigenvalue weighted by molar-refractivity contribution is 6.00. The van der Waals surface area contributed by atoms with Crippen LogP contribution in [0.15, 0.2) is 90.1 Å². The van der Waals surface area contributed by atoms with Crippen LogP contribution in [-0.4, -0.2) is 164 Å². The van der Waals surface area contributed by atoms with Crippen LogP contribution >= 0.6 is 0 Å². The van der Waals surface area contributed by atoms with E-state index >= 15 is 0 Å². The third-order valence-corrected chi connectivity index (χ3v) is 15.8. The number of amides is 8. The molecule has 10 atom stereocenters. The van der Waals surface area contributed by atoms with Gasteiger partial charge in [0.1, 0.15) is 23.9 Å². The van der Waals surface area contributed by atoms with E-state index in [1.807, 2.05) is 24.3 Å². The molecule has 0 radical (unpaired) electrons. The van der Waals surface area contributed by atoms with Crippen LogP contribution in [0.3, 0.4) is 0 Å². The Bertz CT molecular complexity index is 3170. The van der Waals surface area contributed by atoms with Crippen LogP contribution in [0.25, 0.3) is 10.9 Å². The molecule has 1 saturated carbocycles. The van der Waals surface area contributed by atoms with E-state index < -0.39 is 151 Å². The topological polar surface area (TPSA) is 430 Å². The lowest BCUT2D eigenvalue weighted by Gasteiger charge is -2.30. The maximum absolute atomic E-state index is 14.3. The summed E-state index contributed by atoms with van der Waals surface area (Å²) < 4.78 is 0. The number of nitrogens with zero attached hydrogens (tertiary/aromatic N) is 2. The summed E-state index contributed by atoms with van der Waals surface area (Å²) in [5.41, 5.74) is 19.9. The molecule has 2 aliphatic rings. The first-order valence-electron chi connectivity index (χ1n) is 29.5. The van der Waals surface area contributed by atoms with E-state index in [0.717, 1.165) is 34.2 Å². The second kappa shape index (κ2) is 32.6. The van der Waals surface area contributed by atoms with Gasteiger partial charge in [-0.15, -0.1) is 0 Å². The van der Waals surface area contributed by atoms with Crippen molar-refractivity contribution >= 4 is 81.5 Å². The number of para-hydroxylation sites is 1. The number of β-amino-alcohol motifs (C(OH)–C–C–N with tert-alkyl or cyclic N) is 1. The highest BCUT2D eigenvalue weighted by atomic mass is 16.3. The highest BCUT2D eigenvalue weighted by Crippen LogP contribution is 2.34. The van der Waals surface area contributed by atoms with Crippen molar-refractivity contribution < 1.29 is 68.1 Å². The molecule has 88 heavy (non-hydrogen) atoms. The second-order valence-corrected chi connectivity index (χ2v) is 22.9. The number of H-pyrrole nitrogens is 1. The summed E-state index contributed by atoms with van der Waals surface area (Å²) in [7, 11) is 1.51. The normalized spacial score (nSPS) is 17.6. The number of primary amides is 2. The minimum Gasteiger partial charge on any atom is -0.508 e. The summed E-state index contributed by atoms with van der Waals surface area (Å²) in [6.45, 7) is 2.38. The first kappa shape index (κ1) is 68.1. The number of ketones is 3. The van der Waals surface area contributed by atoms with Gasteiger partial charge in [0.05, 0.1) is 42.7 Å². The largest absolute Gasteiger partial charge is 0.508 e. The molecule has 1 aliphatic carbocycles. The molecule has 26 nitrogen and oxygen atoms in total. The Morgan fingerprint density at radius 2 is 1.35 bits per heavy atom. The third-order valence-electron chi connectivity index (χ3n) is 15.8. The predicted octanol–water partition coefficient (Wildman–Crippen LogP) is -0.337. The van der Waals surface area contributed by atoms with Crippen LogP contribution < -0.4 is 49.1 Å². The molecular weight excluding hydrogens is 1140 g/mol. The number of aliphatic imine (C=N–C) groups is 1. The number of aliphatic hydroxyl groups excluding tert-OH is 2. The minimum absolute atomic E-state index is 0.0364. The first-order valence-corrected chi connectivity index (χ1v) is 29.5. The standard InChI is InChI=1S/C62H82N12O14/c1-34(75)44(30-54(81)48(31-55(63)82)72-60(87)51-29-42(78)33-74(51)61(88)50(69-35(2)76)26-38-17-19-41(77)20-18-38)59(86)71-46(24-36-10-5-4-6-11-36)52(79)21-22-56(83)70-47(25-37-15-16-37)53(80)28-39(12-9-23-67-62(65)66-3)58(85)73-49(57(64)84)27-40-32-68-45-14-8-7-13-43(40)45/h4-8,10-11,13-14,17-20,32,34,37,39,42,44,46-51,68,75,77-78H,9,12,15-16,21-31,33H2,1-3H3,(H2,63,82)(H2,64,84)(H,69,76)(H,70,83)(H,71,86)(H,72,87)(H,73,85)(H3,65,66,67)/t34-,39-,42-,44+,46+,47+,48+,49+,50-,51+/m1/s1. The van der Waals surface area contributed by atoms with Gasteiger partial charge < -0.3 is 74.3 Å². The Labute approximate surface area is 509 Å². The molecule has 26 heteroatoms. The zero-order valence-electron chi connectivity index (χ0n) is 49.7. The quantitative estimate of drug-likeness (QED) is 0.0159. The van der Waals surface area contributed by atoms with E-state index in [1.165, 1.54) is 45.2 Å². The number of aromatic hydroxyl groups is 1. The van der Waals surface area contributed by atoms with E-state index in [9.17, 15) is 68.1 Å². The molecule has 1 saturated heterocycles. The van der Waals surface area contributed by atoms with Crippen molar-refractivity contribution in [3.05, 3.63) is 102 Å². The number of nitrogens with two attached hydrogens (primary N) is 3. The fraction of sp³-hybridized carbons (Fsp3) is 0.484. The Morgan fingerprint density at radius 1 is 0.705 bits per heavy atom. The Kier molecular flexibility index (Phi) is 25.2. The maximum atomic E-state index is 14.3. The number of hydrogen-bond donors (Lipinski definition) is 13. The monoisotopic (exact) mass is 1220 g/mol. The number of hydrogen-bond acceptors (Lipinski definition) is 15. The number of aliphatic hydroxyl groups is 2. The maximum Gasteiger partial charge on any atom is 0.246 e. The van der Waals surface area contributed by atoms with Gasteiger partial charge in [-0.05, 0) is 73.4 Å². The summed E-state index contributed by atoms with van der Waals surface area (Å²) in [6.07, 6.45) is -1.74. The van der Waals surface area contributed by atoms with Crippen LogP contribution in [0.1, 0.15) is 101 Å². The van der Waals surface area contributed by atoms with Crippen LogP contribution in [0, 0.1) is 17.8 Å². The van der Waals surface area contributed by atoms with Crippen molar-refractivity contribution in [3.63, 3.8) is 0 Å². The molecule has 0 unspecified atom stereocenters. The van der Waals surface area contributed by atoms with Gasteiger partial charge in [0.2, 0.25) is 47.3 Å². The van der Waals surface area contributed by atoms with Gasteiger partial charge >= 0.3 is 0 Å². The average Bonchev–Trinajstić information content (AvgIpc) is 2.49. The molecule has 8 amide bonds. The molecule has 0 spiro atoms. The molecule has 1 aliphatic heterocycles. The molecule has 2 heterocycles. The summed E-state index contributed by atoms with van der Waals surface area (Å²) in [4.78, 5) is 158. The van der Waals surface area contributed by atoms with Gasteiger partial charge in [-0.3, -0.25) is 57.7 Å². The lowest BCUT2D eigenvalue weighted by Crippen LogP contribution is -2.56. The van der Waals surface area contributed by atoms with E-state index in [-0.39, 0.29) is 69.1 Å². The van der Waals surface area contributed by atoms with Crippen LogP contribution in [0.4, 0.5) is 0 Å². The third kappa shape index (κ3) is 20.8. The summed E-state index contributed by atoms with van der Waals surface area (Å²) in [6, 6.07) is 14.0. The fourth-order valence-electron chi connectivity index (χ4n) is 10.8. The van der Waals surface area contributed by atoms with Crippen molar-refractivity contribution in [2.45, 2.75) is 152 Å². The lowest BCUT2D eigenvalue weighted by atomic mass is 9.90. The number of guanidine groups is 1. The molecule has 474 valence electrons. The van der Waals surface area contributed by atoms with Crippen molar-refractivity contribution in [1.82, 2.24) is 41.8 Å². The molecule has 0 bridgehead atoms. The number of likely N-dealkylation sites (tertiary alicyclic amines) is 1. The number of phenolic OH excluding ortho intramolecular Hbond substituents is 1. The number of carbonyl (C=O) groups is 11. The first-order chi connectivity index (χ1) is 41.9. The Hall–Kier alpha value is -9.04. The molecule has 4 aromatic rings. The Morgan fingerprint density at radius 3 is 2.00 bits per heavy atom. The van der Waals surface area contributed by atoms with Gasteiger partial charge in [0.25, 0.3) is 0 Å². The van der Waals surface area contributed by atoms with Gasteiger partial charge in [0.15, 0.2) is 23.3 Å². The van der Waals surface area contributed by atoms with Gasteiger partial charge in [-0.2, -0.15) is 0 Å².